The Labute approximate surface area is 178 Å². The zero-order valence-corrected chi connectivity index (χ0v) is 18.5. The zero-order chi connectivity index (χ0) is 21.5. The minimum absolute atomic E-state index is 0.464. The molecule has 0 N–H and O–H groups in total. The van der Waals surface area contributed by atoms with Crippen molar-refractivity contribution < 1.29 is 14.3 Å². The van der Waals surface area contributed by atoms with Crippen molar-refractivity contribution in [2.75, 3.05) is 43.7 Å². The fourth-order valence-electron chi connectivity index (χ4n) is 2.53. The number of benzene rings is 2. The van der Waals surface area contributed by atoms with E-state index in [2.05, 4.69) is 38.1 Å². The van der Waals surface area contributed by atoms with Crippen molar-refractivity contribution in [3.05, 3.63) is 48.0 Å². The molecule has 6 heteroatoms. The van der Waals surface area contributed by atoms with Gasteiger partial charge in [0.1, 0.15) is 0 Å². The van der Waals surface area contributed by atoms with Gasteiger partial charge in [0.05, 0.1) is 24.1 Å². The van der Waals surface area contributed by atoms with Gasteiger partial charge in [-0.05, 0) is 42.9 Å². The molecule has 5 nitrogen and oxygen atoms in total. The molecule has 0 atom stereocenters. The predicted molar refractivity (Wildman–Crippen MR) is 122 cm³/mol. The highest BCUT2D eigenvalue weighted by Crippen LogP contribution is 2.33. The lowest BCUT2D eigenvalue weighted by molar-refractivity contribution is -0.120. The van der Waals surface area contributed by atoms with E-state index in [1.54, 1.807) is 11.8 Å². The van der Waals surface area contributed by atoms with E-state index in [1.807, 2.05) is 42.5 Å². The molecule has 29 heavy (non-hydrogen) atoms. The van der Waals surface area contributed by atoms with Crippen LogP contribution < -0.4 is 9.64 Å². The van der Waals surface area contributed by atoms with Crippen molar-refractivity contribution in [3.8, 4) is 22.9 Å². The number of carbonyl (C=O) groups is 1. The maximum Gasteiger partial charge on any atom is 0.298 e. The van der Waals surface area contributed by atoms with Gasteiger partial charge in [0.25, 0.3) is 6.47 Å². The average Bonchev–Trinajstić information content (AvgIpc) is 2.73. The number of anilines is 1. The van der Waals surface area contributed by atoms with Gasteiger partial charge in [-0.15, -0.1) is 0 Å². The molecular weight excluding hydrogens is 384 g/mol. The van der Waals surface area contributed by atoms with Gasteiger partial charge in [-0.25, -0.2) is 0 Å². The molecule has 0 spiro atoms. The van der Waals surface area contributed by atoms with Crippen LogP contribution in [-0.4, -0.2) is 45.3 Å². The highest BCUT2D eigenvalue weighted by molar-refractivity contribution is 7.98. The van der Waals surface area contributed by atoms with E-state index in [9.17, 15) is 4.79 Å². The third-order valence-corrected chi connectivity index (χ3v) is 4.48. The van der Waals surface area contributed by atoms with E-state index in [-0.39, 0.29) is 0 Å². The molecule has 2 aromatic rings. The van der Waals surface area contributed by atoms with Gasteiger partial charge in [0.15, 0.2) is 5.75 Å². The van der Waals surface area contributed by atoms with Crippen LogP contribution >= 0.6 is 11.8 Å². The van der Waals surface area contributed by atoms with Crippen molar-refractivity contribution >= 4 is 23.9 Å². The van der Waals surface area contributed by atoms with Gasteiger partial charge in [-0.1, -0.05) is 42.8 Å². The van der Waals surface area contributed by atoms with Gasteiger partial charge in [0, 0.05) is 20.2 Å². The normalized spacial score (nSPS) is 9.76. The third-order valence-electron chi connectivity index (χ3n) is 4.06. The Hall–Kier alpha value is -2.49. The van der Waals surface area contributed by atoms with Crippen molar-refractivity contribution in [1.29, 1.82) is 5.26 Å². The van der Waals surface area contributed by atoms with Gasteiger partial charge in [-0.3, -0.25) is 4.79 Å². The first-order valence-corrected chi connectivity index (χ1v) is 10.9. The lowest BCUT2D eigenvalue weighted by Gasteiger charge is -2.22. The topological polar surface area (TPSA) is 62.6 Å². The fraction of sp³-hybridized carbons (Fsp3) is 0.391. The maximum absolute atomic E-state index is 10.8. The molecule has 2 rings (SSSR count). The monoisotopic (exact) mass is 414 g/mol. The van der Waals surface area contributed by atoms with Crippen LogP contribution in [0.25, 0.3) is 11.1 Å². The van der Waals surface area contributed by atoms with E-state index in [0.717, 1.165) is 36.4 Å². The fourth-order valence-corrected chi connectivity index (χ4v) is 2.65. The summed E-state index contributed by atoms with van der Waals surface area (Å²) in [5.74, 6) is 1.17. The number of ether oxygens (including phenoxy) is 2. The first-order valence-electron chi connectivity index (χ1n) is 9.53. The predicted octanol–water partition coefficient (Wildman–Crippen LogP) is 4.93. The lowest BCUT2D eigenvalue weighted by atomic mass is 10.0. The van der Waals surface area contributed by atoms with E-state index < -0.39 is 0 Å². The molecule has 2 aromatic carbocycles. The SMILES string of the molecule is CCCOCCN(C)c1cc(-c2ccc(C)cc2)ccc1OC=O.CSCC#N. The van der Waals surface area contributed by atoms with Gasteiger partial charge in [0.2, 0.25) is 0 Å². The summed E-state index contributed by atoms with van der Waals surface area (Å²) in [6.45, 7) is 6.75. The first-order chi connectivity index (χ1) is 14.1. The van der Waals surface area contributed by atoms with Crippen LogP contribution in [0.2, 0.25) is 0 Å². The number of aryl methyl sites for hydroxylation is 1. The Morgan fingerprint density at radius 3 is 2.38 bits per heavy atom. The Balaban J connectivity index is 0.000000749. The van der Waals surface area contributed by atoms with Crippen LogP contribution in [0.5, 0.6) is 5.75 Å². The second-order valence-corrected chi connectivity index (χ2v) is 7.25. The van der Waals surface area contributed by atoms with E-state index in [4.69, 9.17) is 14.7 Å². The zero-order valence-electron chi connectivity index (χ0n) is 17.7. The summed E-state index contributed by atoms with van der Waals surface area (Å²) in [6, 6.07) is 16.2. The molecule has 0 amide bonds. The first kappa shape index (κ1) is 24.5. The molecule has 156 valence electrons. The molecule has 0 aliphatic rings. The quantitative estimate of drug-likeness (QED) is 0.406. The third kappa shape index (κ3) is 9.03. The second-order valence-electron chi connectivity index (χ2n) is 6.39. The molecule has 0 aromatic heterocycles. The van der Waals surface area contributed by atoms with Crippen LogP contribution in [-0.2, 0) is 9.53 Å². The average molecular weight is 415 g/mol. The Bertz CT molecular complexity index is 773. The van der Waals surface area contributed by atoms with E-state index in [1.165, 1.54) is 5.56 Å². The molecule has 0 heterocycles. The smallest absolute Gasteiger partial charge is 0.298 e. The number of nitrogens with zero attached hydrogens (tertiary/aromatic N) is 2. The standard InChI is InChI=1S/C20H25NO3.C3H5NS/c1-4-12-23-13-11-21(3)19-14-18(9-10-20(19)24-15-22)17-7-5-16(2)6-8-17;1-5-3-2-4/h5-10,14-15H,4,11-13H2,1-3H3;3H2,1H3. The van der Waals surface area contributed by atoms with Crippen LogP contribution in [0.1, 0.15) is 18.9 Å². The van der Waals surface area contributed by atoms with E-state index >= 15 is 0 Å². The highest BCUT2D eigenvalue weighted by atomic mass is 32.2. The summed E-state index contributed by atoms with van der Waals surface area (Å²) >= 11 is 1.54. The maximum atomic E-state index is 10.8. The van der Waals surface area contributed by atoms with Crippen LogP contribution in [0, 0.1) is 18.3 Å². The van der Waals surface area contributed by atoms with Crippen LogP contribution in [0.4, 0.5) is 5.69 Å². The highest BCUT2D eigenvalue weighted by Gasteiger charge is 2.11. The summed E-state index contributed by atoms with van der Waals surface area (Å²) in [5.41, 5.74) is 4.32. The Kier molecular flexibility index (Phi) is 12.3. The number of likely N-dealkylation sites (N-methyl/N-ethyl adjacent to an activating group) is 1. The van der Waals surface area contributed by atoms with Gasteiger partial charge >= 0.3 is 0 Å². The van der Waals surface area contributed by atoms with Gasteiger partial charge < -0.3 is 14.4 Å². The molecule has 0 aliphatic heterocycles. The summed E-state index contributed by atoms with van der Waals surface area (Å²) in [7, 11) is 1.97. The van der Waals surface area contributed by atoms with Gasteiger partial charge in [-0.2, -0.15) is 17.0 Å². The number of hydrogen-bond donors (Lipinski definition) is 0. The number of nitriles is 1. The molecule has 0 saturated heterocycles. The van der Waals surface area contributed by atoms with Crippen molar-refractivity contribution in [2.24, 2.45) is 0 Å². The summed E-state index contributed by atoms with van der Waals surface area (Å²) in [6.07, 6.45) is 2.91. The molecule has 0 unspecified atom stereocenters. The van der Waals surface area contributed by atoms with E-state index in [0.29, 0.717) is 24.6 Å². The van der Waals surface area contributed by atoms with Crippen molar-refractivity contribution in [1.82, 2.24) is 0 Å². The molecule has 0 saturated carbocycles. The lowest BCUT2D eigenvalue weighted by Crippen LogP contribution is -2.23. The Morgan fingerprint density at radius 1 is 1.14 bits per heavy atom. The summed E-state index contributed by atoms with van der Waals surface area (Å²) in [5, 5.41) is 7.80. The minimum Gasteiger partial charge on any atom is -0.427 e. The molecule has 0 radical (unpaired) electrons. The molecule has 0 bridgehead atoms. The summed E-state index contributed by atoms with van der Waals surface area (Å²) < 4.78 is 10.7. The van der Waals surface area contributed by atoms with Crippen molar-refractivity contribution in [2.45, 2.75) is 20.3 Å². The number of carbonyl (C=O) groups excluding carboxylic acids is 1. The number of hydrogen-bond acceptors (Lipinski definition) is 6. The van der Waals surface area contributed by atoms with Crippen LogP contribution in [0.15, 0.2) is 42.5 Å². The molecule has 0 fully saturated rings. The minimum atomic E-state index is 0.464. The van der Waals surface area contributed by atoms with Crippen LogP contribution in [0.3, 0.4) is 0 Å². The molecular formula is C23H30N2O3S. The van der Waals surface area contributed by atoms with Crippen molar-refractivity contribution in [3.63, 3.8) is 0 Å². The second kappa shape index (κ2) is 14.5. The number of thioether (sulfide) groups is 1. The largest absolute Gasteiger partial charge is 0.427 e. The molecule has 0 aliphatic carbocycles. The summed E-state index contributed by atoms with van der Waals surface area (Å²) in [4.78, 5) is 12.8. The number of rotatable bonds is 10. The Morgan fingerprint density at radius 2 is 1.83 bits per heavy atom.